The van der Waals surface area contributed by atoms with E-state index in [0.29, 0.717) is 0 Å². The van der Waals surface area contributed by atoms with Crippen LogP contribution >= 0.6 is 0 Å². The molecule has 2 atom stereocenters. The van der Waals surface area contributed by atoms with Crippen molar-refractivity contribution in [3.63, 3.8) is 0 Å². The highest BCUT2D eigenvalue weighted by atomic mass is 16.1. The largest absolute Gasteiger partial charge is 0.385 e. The summed E-state index contributed by atoms with van der Waals surface area (Å²) in [6.45, 7) is 5.38. The van der Waals surface area contributed by atoms with E-state index in [2.05, 4.69) is 23.6 Å². The number of carbonyl (C=O) groups excluding carboxylic acids is 1. The van der Waals surface area contributed by atoms with Gasteiger partial charge in [-0.15, -0.1) is 0 Å². The molecule has 110 valence electrons. The van der Waals surface area contributed by atoms with Crippen LogP contribution in [-0.2, 0) is 0 Å². The smallest absolute Gasteiger partial charge is 0.251 e. The van der Waals surface area contributed by atoms with Crippen LogP contribution in [0.1, 0.15) is 48.5 Å². The zero-order valence-electron chi connectivity index (χ0n) is 12.8. The van der Waals surface area contributed by atoms with Gasteiger partial charge < -0.3 is 10.6 Å². The Hall–Kier alpha value is -1.51. The molecule has 3 nitrogen and oxygen atoms in total. The minimum Gasteiger partial charge on any atom is -0.385 e. The summed E-state index contributed by atoms with van der Waals surface area (Å²) in [6, 6.07) is 5.89. The van der Waals surface area contributed by atoms with Crippen molar-refractivity contribution in [1.82, 2.24) is 5.32 Å². The van der Waals surface area contributed by atoms with Gasteiger partial charge in [0.1, 0.15) is 0 Å². The molecule has 2 N–H and O–H groups in total. The van der Waals surface area contributed by atoms with Crippen molar-refractivity contribution in [2.24, 2.45) is 11.8 Å². The van der Waals surface area contributed by atoms with Gasteiger partial charge in [0.15, 0.2) is 0 Å². The predicted molar refractivity (Wildman–Crippen MR) is 84.2 cm³/mol. The number of hydrogen-bond acceptors (Lipinski definition) is 2. The Morgan fingerprint density at radius 2 is 2.15 bits per heavy atom. The van der Waals surface area contributed by atoms with Crippen LogP contribution in [0.3, 0.4) is 0 Å². The number of benzene rings is 1. The van der Waals surface area contributed by atoms with E-state index in [4.69, 9.17) is 0 Å². The molecular formula is C17H26N2O. The minimum atomic E-state index is -0.0163. The lowest BCUT2D eigenvalue weighted by Gasteiger charge is -2.27. The van der Waals surface area contributed by atoms with Crippen molar-refractivity contribution in [3.8, 4) is 0 Å². The molecule has 2 rings (SSSR count). The maximum Gasteiger partial charge on any atom is 0.251 e. The first-order chi connectivity index (χ1) is 9.61. The van der Waals surface area contributed by atoms with Crippen molar-refractivity contribution in [1.29, 1.82) is 0 Å². The van der Waals surface area contributed by atoms with Crippen molar-refractivity contribution in [2.75, 3.05) is 18.9 Å². The van der Waals surface area contributed by atoms with Crippen LogP contribution < -0.4 is 10.6 Å². The molecule has 2 unspecified atom stereocenters. The summed E-state index contributed by atoms with van der Waals surface area (Å²) in [5.41, 5.74) is 2.88. The summed E-state index contributed by atoms with van der Waals surface area (Å²) in [6.07, 6.45) is 5.37. The van der Waals surface area contributed by atoms with Crippen molar-refractivity contribution in [2.45, 2.75) is 39.5 Å². The lowest BCUT2D eigenvalue weighted by Crippen LogP contribution is -2.22. The van der Waals surface area contributed by atoms with Gasteiger partial charge in [-0.2, -0.15) is 0 Å². The van der Waals surface area contributed by atoms with E-state index in [1.54, 1.807) is 7.05 Å². The first-order valence-electron chi connectivity index (χ1n) is 7.67. The van der Waals surface area contributed by atoms with E-state index in [-0.39, 0.29) is 5.91 Å². The van der Waals surface area contributed by atoms with Crippen LogP contribution in [0.2, 0.25) is 0 Å². The van der Waals surface area contributed by atoms with Crippen LogP contribution in [0.25, 0.3) is 0 Å². The zero-order valence-corrected chi connectivity index (χ0v) is 12.8. The molecule has 3 heteroatoms. The quantitative estimate of drug-likeness (QED) is 0.881. The molecule has 1 aliphatic rings. The highest BCUT2D eigenvalue weighted by Gasteiger charge is 2.19. The Morgan fingerprint density at radius 3 is 2.85 bits per heavy atom. The van der Waals surface area contributed by atoms with E-state index < -0.39 is 0 Å². The molecule has 0 aromatic heterocycles. The minimum absolute atomic E-state index is 0.0163. The van der Waals surface area contributed by atoms with Crippen LogP contribution in [0.5, 0.6) is 0 Å². The summed E-state index contributed by atoms with van der Waals surface area (Å²) in [5.74, 6) is 1.60. The molecule has 20 heavy (non-hydrogen) atoms. The van der Waals surface area contributed by atoms with Crippen LogP contribution in [0.4, 0.5) is 5.69 Å². The molecule has 0 heterocycles. The van der Waals surface area contributed by atoms with E-state index >= 15 is 0 Å². The maximum atomic E-state index is 11.8. The summed E-state index contributed by atoms with van der Waals surface area (Å²) in [7, 11) is 1.67. The van der Waals surface area contributed by atoms with Gasteiger partial charge in [-0.3, -0.25) is 4.79 Å². The van der Waals surface area contributed by atoms with Gasteiger partial charge in [-0.25, -0.2) is 0 Å². The zero-order chi connectivity index (χ0) is 14.5. The lowest BCUT2D eigenvalue weighted by atomic mass is 9.82. The van der Waals surface area contributed by atoms with Gasteiger partial charge in [-0.1, -0.05) is 25.8 Å². The van der Waals surface area contributed by atoms with Crippen LogP contribution in [0, 0.1) is 18.8 Å². The highest BCUT2D eigenvalue weighted by Crippen LogP contribution is 2.29. The van der Waals surface area contributed by atoms with E-state index in [9.17, 15) is 4.79 Å². The van der Waals surface area contributed by atoms with Gasteiger partial charge in [0.25, 0.3) is 5.91 Å². The predicted octanol–water partition coefficient (Wildman–Crippen LogP) is 3.59. The lowest BCUT2D eigenvalue weighted by molar-refractivity contribution is 0.0962. The molecule has 0 bridgehead atoms. The van der Waals surface area contributed by atoms with Gasteiger partial charge in [0.05, 0.1) is 0 Å². The van der Waals surface area contributed by atoms with Gasteiger partial charge in [-0.05, 0) is 49.3 Å². The van der Waals surface area contributed by atoms with Crippen molar-refractivity contribution < 1.29 is 4.79 Å². The fourth-order valence-electron chi connectivity index (χ4n) is 3.21. The molecule has 1 saturated carbocycles. The second-order valence-corrected chi connectivity index (χ2v) is 6.08. The van der Waals surface area contributed by atoms with E-state index in [1.165, 1.54) is 25.7 Å². The van der Waals surface area contributed by atoms with E-state index in [1.807, 2.05) is 19.1 Å². The third-order valence-electron chi connectivity index (χ3n) is 4.43. The molecule has 0 spiro atoms. The monoisotopic (exact) mass is 274 g/mol. The summed E-state index contributed by atoms with van der Waals surface area (Å²) in [5, 5.41) is 6.24. The molecular weight excluding hydrogens is 248 g/mol. The molecule has 1 aromatic carbocycles. The maximum absolute atomic E-state index is 11.8. The number of amides is 1. The molecule has 1 fully saturated rings. The Labute approximate surface area is 122 Å². The topological polar surface area (TPSA) is 41.1 Å². The summed E-state index contributed by atoms with van der Waals surface area (Å²) >= 11 is 0. The number of rotatable bonds is 4. The van der Waals surface area contributed by atoms with Gasteiger partial charge >= 0.3 is 0 Å². The molecule has 0 radical (unpaired) electrons. The second kappa shape index (κ2) is 6.78. The summed E-state index contributed by atoms with van der Waals surface area (Å²) in [4.78, 5) is 11.8. The molecule has 1 aromatic rings. The second-order valence-electron chi connectivity index (χ2n) is 6.08. The standard InChI is InChI=1S/C17H26N2O/c1-12-6-4-7-14(10-12)11-19-16-9-5-8-15(13(16)2)17(20)18-3/h5,8-9,12,14,19H,4,6-7,10-11H2,1-3H3,(H,18,20). The Bertz CT molecular complexity index is 470. The van der Waals surface area contributed by atoms with Crippen LogP contribution in [-0.4, -0.2) is 19.5 Å². The molecule has 0 saturated heterocycles. The normalized spacial score (nSPS) is 22.4. The fourth-order valence-corrected chi connectivity index (χ4v) is 3.21. The molecule has 1 aliphatic carbocycles. The first kappa shape index (κ1) is 14.9. The van der Waals surface area contributed by atoms with Gasteiger partial charge in [0.2, 0.25) is 0 Å². The SMILES string of the molecule is CNC(=O)c1cccc(NCC2CCCC(C)C2)c1C. The highest BCUT2D eigenvalue weighted by molar-refractivity contribution is 5.96. The van der Waals surface area contributed by atoms with Crippen molar-refractivity contribution >= 4 is 11.6 Å². The number of anilines is 1. The first-order valence-corrected chi connectivity index (χ1v) is 7.67. The molecule has 0 aliphatic heterocycles. The average Bonchev–Trinajstić information content (AvgIpc) is 2.45. The fraction of sp³-hybridized carbons (Fsp3) is 0.588. The third kappa shape index (κ3) is 3.53. The Balaban J connectivity index is 2.01. The summed E-state index contributed by atoms with van der Waals surface area (Å²) < 4.78 is 0. The van der Waals surface area contributed by atoms with Gasteiger partial charge in [0, 0.05) is 24.8 Å². The molecule has 1 amide bonds. The Morgan fingerprint density at radius 1 is 1.35 bits per heavy atom. The average molecular weight is 274 g/mol. The number of nitrogens with one attached hydrogen (secondary N) is 2. The number of hydrogen-bond donors (Lipinski definition) is 2. The van der Waals surface area contributed by atoms with Crippen LogP contribution in [0.15, 0.2) is 18.2 Å². The van der Waals surface area contributed by atoms with E-state index in [0.717, 1.165) is 35.2 Å². The Kier molecular flexibility index (Phi) is 5.05. The number of carbonyl (C=O) groups is 1. The third-order valence-corrected chi connectivity index (χ3v) is 4.43. The van der Waals surface area contributed by atoms with Crippen molar-refractivity contribution in [3.05, 3.63) is 29.3 Å².